The summed E-state index contributed by atoms with van der Waals surface area (Å²) in [6.45, 7) is 6.73. The quantitative estimate of drug-likeness (QED) is 0.642. The maximum absolute atomic E-state index is 6.42. The summed E-state index contributed by atoms with van der Waals surface area (Å²) in [5, 5.41) is 1.44. The second-order valence-electron chi connectivity index (χ2n) is 6.31. The van der Waals surface area contributed by atoms with E-state index < -0.39 is 5.60 Å². The molecule has 2 nitrogen and oxygen atoms in total. The molecule has 4 rings (SSSR count). The Labute approximate surface area is 140 Å². The van der Waals surface area contributed by atoms with Crippen molar-refractivity contribution in [2.75, 3.05) is 6.61 Å². The predicted molar refractivity (Wildman–Crippen MR) is 88.6 cm³/mol. The van der Waals surface area contributed by atoms with Crippen LogP contribution in [0.25, 0.3) is 0 Å². The summed E-state index contributed by atoms with van der Waals surface area (Å²) in [6.07, 6.45) is 0. The fourth-order valence-corrected chi connectivity index (χ4v) is 4.24. The molecular weight excluding hydrogens is 319 g/mol. The highest BCUT2D eigenvalue weighted by Gasteiger charge is 2.51. The molecule has 0 radical (unpaired) electrons. The van der Waals surface area contributed by atoms with Crippen LogP contribution in [-0.2, 0) is 5.60 Å². The first-order chi connectivity index (χ1) is 10.4. The van der Waals surface area contributed by atoms with Gasteiger partial charge in [-0.3, -0.25) is 0 Å². The molecular formula is C18H16Cl2O2. The third-order valence-electron chi connectivity index (χ3n) is 4.79. The van der Waals surface area contributed by atoms with Crippen LogP contribution < -0.4 is 9.47 Å². The third-order valence-corrected chi connectivity index (χ3v) is 5.23. The van der Waals surface area contributed by atoms with E-state index in [0.717, 1.165) is 38.8 Å². The van der Waals surface area contributed by atoms with Gasteiger partial charge >= 0.3 is 0 Å². The fourth-order valence-electron chi connectivity index (χ4n) is 3.68. The molecule has 2 aromatic carbocycles. The molecule has 4 heteroatoms. The summed E-state index contributed by atoms with van der Waals surface area (Å²) in [7, 11) is 0. The summed E-state index contributed by atoms with van der Waals surface area (Å²) in [5.74, 6) is 1.93. The van der Waals surface area contributed by atoms with Crippen molar-refractivity contribution < 1.29 is 9.47 Å². The standard InChI is InChI=1S/C18H16Cl2O2/c1-9-4-11(19)6-13-15-8-21-17-10(2)5-12(20)7-14(17)18(15,3)22-16(9)13/h4-7,15H,8H2,1-3H3. The number of aryl methyl sites for hydroxylation is 2. The molecule has 0 fully saturated rings. The molecule has 0 aliphatic carbocycles. The molecule has 0 saturated carbocycles. The fraction of sp³-hybridized carbons (Fsp3) is 0.333. The van der Waals surface area contributed by atoms with Crippen LogP contribution in [0.15, 0.2) is 24.3 Å². The van der Waals surface area contributed by atoms with Gasteiger partial charge < -0.3 is 9.47 Å². The van der Waals surface area contributed by atoms with E-state index in [1.54, 1.807) is 0 Å². The van der Waals surface area contributed by atoms with E-state index in [1.807, 2.05) is 38.1 Å². The zero-order valence-corrected chi connectivity index (χ0v) is 14.2. The van der Waals surface area contributed by atoms with E-state index in [4.69, 9.17) is 32.7 Å². The van der Waals surface area contributed by atoms with Crippen LogP contribution in [0.2, 0.25) is 10.0 Å². The highest BCUT2D eigenvalue weighted by atomic mass is 35.5. The van der Waals surface area contributed by atoms with Crippen molar-refractivity contribution in [2.45, 2.75) is 32.3 Å². The summed E-state index contributed by atoms with van der Waals surface area (Å²) < 4.78 is 12.5. The predicted octanol–water partition coefficient (Wildman–Crippen LogP) is 5.39. The number of benzene rings is 2. The second kappa shape index (κ2) is 4.56. The highest BCUT2D eigenvalue weighted by molar-refractivity contribution is 6.31. The maximum atomic E-state index is 6.42. The minimum Gasteiger partial charge on any atom is -0.492 e. The van der Waals surface area contributed by atoms with Gasteiger partial charge in [0.25, 0.3) is 0 Å². The molecule has 2 atom stereocenters. The second-order valence-corrected chi connectivity index (χ2v) is 7.19. The zero-order chi connectivity index (χ0) is 15.6. The molecule has 2 aliphatic heterocycles. The molecule has 2 heterocycles. The van der Waals surface area contributed by atoms with E-state index in [2.05, 4.69) is 6.92 Å². The third kappa shape index (κ3) is 1.80. The molecule has 0 bridgehead atoms. The highest BCUT2D eigenvalue weighted by Crippen LogP contribution is 2.57. The van der Waals surface area contributed by atoms with Crippen molar-refractivity contribution in [1.29, 1.82) is 0 Å². The van der Waals surface area contributed by atoms with Crippen LogP contribution in [0.1, 0.15) is 35.1 Å². The Morgan fingerprint density at radius 3 is 2.36 bits per heavy atom. The topological polar surface area (TPSA) is 18.5 Å². The Kier molecular flexibility index (Phi) is 2.95. The summed E-state index contributed by atoms with van der Waals surface area (Å²) >= 11 is 12.5. The average Bonchev–Trinajstić information content (AvgIpc) is 2.73. The molecule has 0 saturated heterocycles. The van der Waals surface area contributed by atoms with E-state index in [1.165, 1.54) is 0 Å². The van der Waals surface area contributed by atoms with Gasteiger partial charge in [-0.25, -0.2) is 0 Å². The molecule has 114 valence electrons. The van der Waals surface area contributed by atoms with Gasteiger partial charge in [-0.1, -0.05) is 23.2 Å². The summed E-state index contributed by atoms with van der Waals surface area (Å²) in [4.78, 5) is 0. The molecule has 0 amide bonds. The van der Waals surface area contributed by atoms with Crippen molar-refractivity contribution in [3.05, 3.63) is 56.6 Å². The maximum Gasteiger partial charge on any atom is 0.145 e. The first kappa shape index (κ1) is 14.2. The van der Waals surface area contributed by atoms with Crippen LogP contribution in [0.5, 0.6) is 11.5 Å². The van der Waals surface area contributed by atoms with Gasteiger partial charge in [-0.05, 0) is 56.2 Å². The number of ether oxygens (including phenoxy) is 2. The van der Waals surface area contributed by atoms with E-state index in [0.29, 0.717) is 11.6 Å². The van der Waals surface area contributed by atoms with Crippen LogP contribution in [0.4, 0.5) is 0 Å². The minimum absolute atomic E-state index is 0.116. The Hall–Kier alpha value is -1.38. The van der Waals surface area contributed by atoms with Gasteiger partial charge in [0.1, 0.15) is 17.1 Å². The van der Waals surface area contributed by atoms with Gasteiger partial charge in [-0.15, -0.1) is 0 Å². The van der Waals surface area contributed by atoms with Gasteiger partial charge in [0.2, 0.25) is 0 Å². The molecule has 22 heavy (non-hydrogen) atoms. The molecule has 2 unspecified atom stereocenters. The molecule has 0 spiro atoms. The zero-order valence-electron chi connectivity index (χ0n) is 12.7. The van der Waals surface area contributed by atoms with Gasteiger partial charge in [0.05, 0.1) is 12.5 Å². The number of hydrogen-bond donors (Lipinski definition) is 0. The SMILES string of the molecule is Cc1cc(Cl)cc2c1OC1(C)c3cc(Cl)cc(C)c3OCC21. The first-order valence-electron chi connectivity index (χ1n) is 7.32. The molecule has 0 aromatic heterocycles. The van der Waals surface area contributed by atoms with Gasteiger partial charge in [0, 0.05) is 21.2 Å². The first-order valence-corrected chi connectivity index (χ1v) is 8.08. The van der Waals surface area contributed by atoms with E-state index in [-0.39, 0.29) is 5.92 Å². The summed E-state index contributed by atoms with van der Waals surface area (Å²) in [6, 6.07) is 7.81. The average molecular weight is 335 g/mol. The van der Waals surface area contributed by atoms with Crippen molar-refractivity contribution in [1.82, 2.24) is 0 Å². The number of hydrogen-bond acceptors (Lipinski definition) is 2. The van der Waals surface area contributed by atoms with E-state index >= 15 is 0 Å². The Balaban J connectivity index is 1.95. The van der Waals surface area contributed by atoms with Crippen molar-refractivity contribution >= 4 is 23.2 Å². The Morgan fingerprint density at radius 1 is 1.00 bits per heavy atom. The van der Waals surface area contributed by atoms with Gasteiger partial charge in [0.15, 0.2) is 0 Å². The van der Waals surface area contributed by atoms with Crippen molar-refractivity contribution in [3.8, 4) is 11.5 Å². The Morgan fingerprint density at radius 2 is 1.64 bits per heavy atom. The Bertz CT molecular complexity index is 800. The molecule has 2 aromatic rings. The lowest BCUT2D eigenvalue weighted by Crippen LogP contribution is -2.39. The summed E-state index contributed by atoms with van der Waals surface area (Å²) in [5.41, 5.74) is 3.76. The van der Waals surface area contributed by atoms with Crippen LogP contribution in [0.3, 0.4) is 0 Å². The lowest BCUT2D eigenvalue weighted by molar-refractivity contribution is 0.0427. The number of rotatable bonds is 0. The normalized spacial score (nSPS) is 24.9. The van der Waals surface area contributed by atoms with Crippen molar-refractivity contribution in [2.24, 2.45) is 0 Å². The molecule has 0 N–H and O–H groups in total. The monoisotopic (exact) mass is 334 g/mol. The number of fused-ring (bicyclic) bond motifs is 5. The van der Waals surface area contributed by atoms with E-state index in [9.17, 15) is 0 Å². The molecule has 2 aliphatic rings. The lowest BCUT2D eigenvalue weighted by Gasteiger charge is -2.37. The minimum atomic E-state index is -0.471. The smallest absolute Gasteiger partial charge is 0.145 e. The number of halogens is 2. The largest absolute Gasteiger partial charge is 0.492 e. The van der Waals surface area contributed by atoms with Crippen LogP contribution in [0, 0.1) is 13.8 Å². The van der Waals surface area contributed by atoms with Crippen LogP contribution >= 0.6 is 23.2 Å². The van der Waals surface area contributed by atoms with Crippen LogP contribution in [-0.4, -0.2) is 6.61 Å². The lowest BCUT2D eigenvalue weighted by atomic mass is 9.78. The van der Waals surface area contributed by atoms with Gasteiger partial charge in [-0.2, -0.15) is 0 Å². The van der Waals surface area contributed by atoms with Crippen molar-refractivity contribution in [3.63, 3.8) is 0 Å².